The van der Waals surface area contributed by atoms with Crippen molar-refractivity contribution in [3.05, 3.63) is 23.2 Å². The van der Waals surface area contributed by atoms with Crippen LogP contribution in [0.2, 0.25) is 0 Å². The van der Waals surface area contributed by atoms with Crippen molar-refractivity contribution in [2.75, 3.05) is 13.1 Å². The highest BCUT2D eigenvalue weighted by Gasteiger charge is 2.23. The maximum Gasteiger partial charge on any atom is 0.219 e. The summed E-state index contributed by atoms with van der Waals surface area (Å²) in [7, 11) is 0. The second kappa shape index (κ2) is 5.78. The highest BCUT2D eigenvalue weighted by molar-refractivity contribution is 5.73. The molecule has 0 spiro atoms. The third-order valence-electron chi connectivity index (χ3n) is 3.97. The Balaban J connectivity index is 1.89. The molecule has 1 atom stereocenters. The number of piperidine rings is 1. The second-order valence-corrected chi connectivity index (χ2v) is 5.54. The number of hydrogen-bond acceptors (Lipinski definition) is 3. The first kappa shape index (κ1) is 14.1. The average molecular weight is 264 g/mol. The molecule has 1 aromatic rings. The molecule has 0 saturated carbocycles. The lowest BCUT2D eigenvalue weighted by Crippen LogP contribution is -2.44. The van der Waals surface area contributed by atoms with Gasteiger partial charge in [0.15, 0.2) is 0 Å². The normalized spacial score (nSPS) is 18.6. The van der Waals surface area contributed by atoms with Crippen LogP contribution < -0.4 is 5.32 Å². The molecule has 1 aliphatic rings. The van der Waals surface area contributed by atoms with Gasteiger partial charge in [0.2, 0.25) is 5.91 Å². The Bertz CT molecular complexity index is 445. The van der Waals surface area contributed by atoms with E-state index in [2.05, 4.69) is 18.3 Å². The van der Waals surface area contributed by atoms with Crippen molar-refractivity contribution in [3.63, 3.8) is 0 Å². The van der Waals surface area contributed by atoms with Gasteiger partial charge in [-0.25, -0.2) is 0 Å². The molecule has 1 unspecified atom stereocenters. The largest absolute Gasteiger partial charge is 0.466 e. The fourth-order valence-electron chi connectivity index (χ4n) is 2.88. The number of nitrogens with zero attached hydrogens (tertiary/aromatic N) is 1. The highest BCUT2D eigenvalue weighted by Crippen LogP contribution is 2.23. The number of furan rings is 1. The van der Waals surface area contributed by atoms with Crippen molar-refractivity contribution in [1.82, 2.24) is 10.2 Å². The van der Waals surface area contributed by atoms with Crippen LogP contribution in [0, 0.1) is 13.8 Å². The van der Waals surface area contributed by atoms with Crippen molar-refractivity contribution >= 4 is 5.91 Å². The maximum absolute atomic E-state index is 11.3. The monoisotopic (exact) mass is 264 g/mol. The Hall–Kier alpha value is -1.29. The molecule has 1 amide bonds. The summed E-state index contributed by atoms with van der Waals surface area (Å²) >= 11 is 0. The lowest BCUT2D eigenvalue weighted by molar-refractivity contribution is -0.129. The van der Waals surface area contributed by atoms with Crippen molar-refractivity contribution < 1.29 is 9.21 Å². The van der Waals surface area contributed by atoms with Gasteiger partial charge in [-0.3, -0.25) is 4.79 Å². The lowest BCUT2D eigenvalue weighted by atomic mass is 10.0. The number of hydrogen-bond donors (Lipinski definition) is 1. The van der Waals surface area contributed by atoms with E-state index in [0.717, 1.165) is 37.5 Å². The molecule has 1 fully saturated rings. The van der Waals surface area contributed by atoms with E-state index in [1.807, 2.05) is 18.7 Å². The van der Waals surface area contributed by atoms with Gasteiger partial charge in [-0.15, -0.1) is 0 Å². The first-order valence-electron chi connectivity index (χ1n) is 7.06. The molecule has 1 N–H and O–H groups in total. The van der Waals surface area contributed by atoms with Crippen LogP contribution in [0.5, 0.6) is 0 Å². The number of nitrogens with one attached hydrogen (secondary N) is 1. The van der Waals surface area contributed by atoms with E-state index in [0.29, 0.717) is 12.1 Å². The number of aryl methyl sites for hydroxylation is 2. The summed E-state index contributed by atoms with van der Waals surface area (Å²) < 4.78 is 5.58. The Morgan fingerprint density at radius 3 is 2.53 bits per heavy atom. The molecule has 1 saturated heterocycles. The van der Waals surface area contributed by atoms with Crippen molar-refractivity contribution in [3.8, 4) is 0 Å². The van der Waals surface area contributed by atoms with Crippen LogP contribution in [0.3, 0.4) is 0 Å². The van der Waals surface area contributed by atoms with Gasteiger partial charge in [0.05, 0.1) is 0 Å². The van der Waals surface area contributed by atoms with Gasteiger partial charge in [-0.05, 0) is 39.7 Å². The molecule has 0 radical (unpaired) electrons. The van der Waals surface area contributed by atoms with Crippen molar-refractivity contribution in [2.24, 2.45) is 0 Å². The fraction of sp³-hybridized carbons (Fsp3) is 0.667. The number of amides is 1. The van der Waals surface area contributed by atoms with Gasteiger partial charge in [0, 0.05) is 37.7 Å². The highest BCUT2D eigenvalue weighted by atomic mass is 16.3. The molecule has 4 nitrogen and oxygen atoms in total. The maximum atomic E-state index is 11.3. The van der Waals surface area contributed by atoms with E-state index in [9.17, 15) is 4.79 Å². The van der Waals surface area contributed by atoms with Gasteiger partial charge in [-0.2, -0.15) is 0 Å². The van der Waals surface area contributed by atoms with Crippen molar-refractivity contribution in [2.45, 2.75) is 52.6 Å². The summed E-state index contributed by atoms with van der Waals surface area (Å²) in [4.78, 5) is 13.2. The third-order valence-corrected chi connectivity index (χ3v) is 3.97. The van der Waals surface area contributed by atoms with E-state index in [4.69, 9.17) is 4.42 Å². The van der Waals surface area contributed by atoms with E-state index in [1.165, 1.54) is 5.56 Å². The molecular formula is C15H24N2O2. The van der Waals surface area contributed by atoms with Crippen LogP contribution in [0.25, 0.3) is 0 Å². The predicted octanol–water partition coefficient (Wildman–Crippen LogP) is 2.56. The SMILES string of the molecule is CC(=O)N1CCC(NC(C)c2cc(C)oc2C)CC1. The van der Waals surface area contributed by atoms with Gasteiger partial charge in [-0.1, -0.05) is 0 Å². The number of rotatable bonds is 3. The molecule has 2 rings (SSSR count). The summed E-state index contributed by atoms with van der Waals surface area (Å²) in [5.41, 5.74) is 1.24. The minimum Gasteiger partial charge on any atom is -0.466 e. The third kappa shape index (κ3) is 3.38. The standard InChI is InChI=1S/C15H24N2O2/c1-10-9-15(12(3)19-10)11(2)16-14-5-7-17(8-6-14)13(4)18/h9,11,14,16H,5-8H2,1-4H3. The minimum absolute atomic E-state index is 0.188. The van der Waals surface area contributed by atoms with Gasteiger partial charge in [0.1, 0.15) is 11.5 Å². The first-order valence-corrected chi connectivity index (χ1v) is 7.06. The zero-order valence-corrected chi connectivity index (χ0v) is 12.3. The molecular weight excluding hydrogens is 240 g/mol. The Morgan fingerprint density at radius 2 is 2.05 bits per heavy atom. The van der Waals surface area contributed by atoms with Crippen LogP contribution in [0.15, 0.2) is 10.5 Å². The molecule has 2 heterocycles. The number of carbonyl (C=O) groups is 1. The molecule has 0 aliphatic carbocycles. The van der Waals surface area contributed by atoms with Gasteiger partial charge < -0.3 is 14.6 Å². The summed E-state index contributed by atoms with van der Waals surface area (Å²) in [6, 6.07) is 2.89. The Labute approximate surface area is 115 Å². The first-order chi connectivity index (χ1) is 8.97. The van der Waals surface area contributed by atoms with E-state index in [1.54, 1.807) is 6.92 Å². The van der Waals surface area contributed by atoms with E-state index >= 15 is 0 Å². The topological polar surface area (TPSA) is 45.5 Å². The van der Waals surface area contributed by atoms with Crippen LogP contribution in [0.1, 0.15) is 49.8 Å². The molecule has 106 valence electrons. The minimum atomic E-state index is 0.188. The summed E-state index contributed by atoms with van der Waals surface area (Å²) in [5, 5.41) is 3.65. The van der Waals surface area contributed by atoms with Gasteiger partial charge in [0.25, 0.3) is 0 Å². The van der Waals surface area contributed by atoms with Crippen LogP contribution in [0.4, 0.5) is 0 Å². The molecule has 1 aliphatic heterocycles. The molecule has 0 aromatic carbocycles. The smallest absolute Gasteiger partial charge is 0.219 e. The number of carbonyl (C=O) groups excluding carboxylic acids is 1. The molecule has 0 bridgehead atoms. The molecule has 1 aromatic heterocycles. The van der Waals surface area contributed by atoms with Crippen LogP contribution >= 0.6 is 0 Å². The predicted molar refractivity (Wildman–Crippen MR) is 75.0 cm³/mol. The molecule has 19 heavy (non-hydrogen) atoms. The zero-order chi connectivity index (χ0) is 14.0. The Kier molecular flexibility index (Phi) is 4.30. The van der Waals surface area contributed by atoms with Crippen molar-refractivity contribution in [1.29, 1.82) is 0 Å². The second-order valence-electron chi connectivity index (χ2n) is 5.54. The summed E-state index contributed by atoms with van der Waals surface area (Å²) in [6.07, 6.45) is 2.06. The van der Waals surface area contributed by atoms with E-state index < -0.39 is 0 Å². The van der Waals surface area contributed by atoms with Crippen LogP contribution in [-0.4, -0.2) is 29.9 Å². The Morgan fingerprint density at radius 1 is 1.42 bits per heavy atom. The number of likely N-dealkylation sites (tertiary alicyclic amines) is 1. The average Bonchev–Trinajstić information content (AvgIpc) is 2.69. The summed E-state index contributed by atoms with van der Waals surface area (Å²) in [6.45, 7) is 9.54. The van der Waals surface area contributed by atoms with Gasteiger partial charge >= 0.3 is 0 Å². The van der Waals surface area contributed by atoms with E-state index in [-0.39, 0.29) is 5.91 Å². The summed E-state index contributed by atoms with van der Waals surface area (Å²) in [5.74, 6) is 2.15. The fourth-order valence-corrected chi connectivity index (χ4v) is 2.88. The molecule has 4 heteroatoms. The quantitative estimate of drug-likeness (QED) is 0.912. The lowest BCUT2D eigenvalue weighted by Gasteiger charge is -2.33. The zero-order valence-electron chi connectivity index (χ0n) is 12.3. The van der Waals surface area contributed by atoms with Crippen LogP contribution in [-0.2, 0) is 4.79 Å².